The highest BCUT2D eigenvalue weighted by molar-refractivity contribution is 6.31. The van der Waals surface area contributed by atoms with Crippen LogP contribution in [0, 0.1) is 12.3 Å². The Labute approximate surface area is 134 Å². The third-order valence-electron chi connectivity index (χ3n) is 5.14. The largest absolute Gasteiger partial charge is 0.313 e. The average Bonchev–Trinajstić information content (AvgIpc) is 2.69. The Morgan fingerprint density at radius 1 is 1.33 bits per heavy atom. The lowest BCUT2D eigenvalue weighted by Crippen LogP contribution is -2.46. The monoisotopic (exact) mass is 311 g/mol. The molecule has 0 amide bonds. The first-order valence-electron chi connectivity index (χ1n) is 8.39. The van der Waals surface area contributed by atoms with Crippen LogP contribution in [0.2, 0.25) is 5.02 Å². The summed E-state index contributed by atoms with van der Waals surface area (Å²) in [5.74, 6) is 0. The molecule has 4 heteroatoms. The maximum absolute atomic E-state index is 6.47. The molecule has 0 aliphatic heterocycles. The summed E-state index contributed by atoms with van der Waals surface area (Å²) in [6, 6.07) is 0.491. The Morgan fingerprint density at radius 2 is 2.00 bits per heavy atom. The van der Waals surface area contributed by atoms with Gasteiger partial charge in [0.25, 0.3) is 0 Å². The lowest BCUT2D eigenvalue weighted by atomic mass is 9.69. The first-order valence-corrected chi connectivity index (χ1v) is 8.77. The van der Waals surface area contributed by atoms with Crippen LogP contribution in [0.1, 0.15) is 63.8 Å². The zero-order chi connectivity index (χ0) is 15.5. The molecule has 1 aromatic heterocycles. The highest BCUT2D eigenvalue weighted by Gasteiger charge is 2.36. The molecule has 1 fully saturated rings. The van der Waals surface area contributed by atoms with Gasteiger partial charge in [-0.2, -0.15) is 5.10 Å². The van der Waals surface area contributed by atoms with Crippen molar-refractivity contribution in [2.24, 2.45) is 12.5 Å². The van der Waals surface area contributed by atoms with E-state index in [4.69, 9.17) is 11.6 Å². The van der Waals surface area contributed by atoms with Gasteiger partial charge in [0.2, 0.25) is 0 Å². The van der Waals surface area contributed by atoms with Crippen molar-refractivity contribution in [1.29, 1.82) is 0 Å². The lowest BCUT2D eigenvalue weighted by molar-refractivity contribution is 0.142. The van der Waals surface area contributed by atoms with Crippen LogP contribution in [0.15, 0.2) is 0 Å². The van der Waals surface area contributed by atoms with E-state index < -0.39 is 0 Å². The number of halogens is 1. The van der Waals surface area contributed by atoms with Gasteiger partial charge in [0.1, 0.15) is 0 Å². The van der Waals surface area contributed by atoms with Crippen LogP contribution in [-0.4, -0.2) is 22.4 Å². The summed E-state index contributed by atoms with van der Waals surface area (Å²) in [6.45, 7) is 7.75. The predicted molar refractivity (Wildman–Crippen MR) is 89.9 cm³/mol. The standard InChI is InChI=1S/C17H30ClN3/c1-5-11-19-15(17(3)9-7-6-8-10-17)12-14-16(18)13(2)20-21(14)4/h15,19H,5-12H2,1-4H3. The SMILES string of the molecule is CCCNC(Cc1c(Cl)c(C)nn1C)C1(C)CCCCC1. The number of nitrogens with zero attached hydrogens (tertiary/aromatic N) is 2. The van der Waals surface area contributed by atoms with Crippen molar-refractivity contribution in [3.8, 4) is 0 Å². The van der Waals surface area contributed by atoms with Crippen LogP contribution in [0.4, 0.5) is 0 Å². The fourth-order valence-corrected chi connectivity index (χ4v) is 3.92. The van der Waals surface area contributed by atoms with E-state index in [1.165, 1.54) is 44.2 Å². The lowest BCUT2D eigenvalue weighted by Gasteiger charge is -2.41. The Kier molecular flexibility index (Phi) is 5.73. The quantitative estimate of drug-likeness (QED) is 0.850. The maximum atomic E-state index is 6.47. The van der Waals surface area contributed by atoms with Crippen LogP contribution in [0.5, 0.6) is 0 Å². The second-order valence-corrected chi connectivity index (χ2v) is 7.27. The van der Waals surface area contributed by atoms with Crippen LogP contribution in [0.3, 0.4) is 0 Å². The summed E-state index contributed by atoms with van der Waals surface area (Å²) in [5, 5.41) is 9.11. The molecule has 1 aliphatic rings. The molecular formula is C17H30ClN3. The molecule has 1 atom stereocenters. The van der Waals surface area contributed by atoms with Gasteiger partial charge in [-0.1, -0.05) is 44.7 Å². The van der Waals surface area contributed by atoms with Crippen LogP contribution >= 0.6 is 11.6 Å². The molecule has 1 saturated carbocycles. The Balaban J connectivity index is 2.19. The summed E-state index contributed by atoms with van der Waals surface area (Å²) in [5.41, 5.74) is 2.50. The summed E-state index contributed by atoms with van der Waals surface area (Å²) < 4.78 is 1.96. The zero-order valence-corrected chi connectivity index (χ0v) is 14.8. The molecule has 1 heterocycles. The third-order valence-corrected chi connectivity index (χ3v) is 5.63. The van der Waals surface area contributed by atoms with Crippen molar-refractivity contribution in [3.05, 3.63) is 16.4 Å². The topological polar surface area (TPSA) is 29.9 Å². The van der Waals surface area contributed by atoms with Crippen molar-refractivity contribution in [3.63, 3.8) is 0 Å². The Bertz CT molecular complexity index is 461. The molecule has 0 radical (unpaired) electrons. The molecule has 2 rings (SSSR count). The third kappa shape index (κ3) is 3.81. The van der Waals surface area contributed by atoms with Crippen molar-refractivity contribution in [2.75, 3.05) is 6.54 Å². The minimum Gasteiger partial charge on any atom is -0.313 e. The van der Waals surface area contributed by atoms with Gasteiger partial charge in [-0.25, -0.2) is 0 Å². The minimum atomic E-state index is 0.384. The van der Waals surface area contributed by atoms with Crippen molar-refractivity contribution in [1.82, 2.24) is 15.1 Å². The first-order chi connectivity index (χ1) is 9.98. The molecule has 21 heavy (non-hydrogen) atoms. The van der Waals surface area contributed by atoms with E-state index in [0.29, 0.717) is 11.5 Å². The number of nitrogens with one attached hydrogen (secondary N) is 1. The van der Waals surface area contributed by atoms with Gasteiger partial charge in [-0.05, 0) is 38.1 Å². The molecule has 0 saturated heterocycles. The second kappa shape index (κ2) is 7.15. The van der Waals surface area contributed by atoms with Gasteiger partial charge in [-0.15, -0.1) is 0 Å². The molecule has 3 nitrogen and oxygen atoms in total. The minimum absolute atomic E-state index is 0.384. The van der Waals surface area contributed by atoms with Crippen molar-refractivity contribution in [2.45, 2.75) is 71.8 Å². The maximum Gasteiger partial charge on any atom is 0.0847 e. The molecular weight excluding hydrogens is 282 g/mol. The Hall–Kier alpha value is -0.540. The number of rotatable bonds is 6. The highest BCUT2D eigenvalue weighted by Crippen LogP contribution is 2.40. The number of aryl methyl sites for hydroxylation is 2. The van der Waals surface area contributed by atoms with E-state index >= 15 is 0 Å². The number of aromatic nitrogens is 2. The van der Waals surface area contributed by atoms with Crippen LogP contribution in [0.25, 0.3) is 0 Å². The van der Waals surface area contributed by atoms with E-state index in [2.05, 4.69) is 24.3 Å². The van der Waals surface area contributed by atoms with Crippen molar-refractivity contribution >= 4 is 11.6 Å². The van der Waals surface area contributed by atoms with E-state index in [9.17, 15) is 0 Å². The van der Waals surface area contributed by atoms with E-state index in [0.717, 1.165) is 23.7 Å². The molecule has 1 N–H and O–H groups in total. The molecule has 120 valence electrons. The second-order valence-electron chi connectivity index (χ2n) is 6.90. The molecule has 0 bridgehead atoms. The van der Waals surface area contributed by atoms with Gasteiger partial charge in [0, 0.05) is 19.5 Å². The Morgan fingerprint density at radius 3 is 2.52 bits per heavy atom. The summed E-state index contributed by atoms with van der Waals surface area (Å²) in [4.78, 5) is 0. The van der Waals surface area contributed by atoms with Gasteiger partial charge in [0.15, 0.2) is 0 Å². The summed E-state index contributed by atoms with van der Waals surface area (Å²) in [7, 11) is 2.01. The summed E-state index contributed by atoms with van der Waals surface area (Å²) >= 11 is 6.47. The molecule has 1 unspecified atom stereocenters. The predicted octanol–water partition coefficient (Wildman–Crippen LogP) is 4.26. The van der Waals surface area contributed by atoms with Crippen LogP contribution in [-0.2, 0) is 13.5 Å². The molecule has 1 aliphatic carbocycles. The van der Waals surface area contributed by atoms with Gasteiger partial charge >= 0.3 is 0 Å². The highest BCUT2D eigenvalue weighted by atomic mass is 35.5. The fourth-order valence-electron chi connectivity index (χ4n) is 3.69. The zero-order valence-electron chi connectivity index (χ0n) is 14.0. The smallest absolute Gasteiger partial charge is 0.0847 e. The van der Waals surface area contributed by atoms with Gasteiger partial charge < -0.3 is 5.32 Å². The molecule has 0 aromatic carbocycles. The van der Waals surface area contributed by atoms with E-state index in [1.807, 2.05) is 18.7 Å². The molecule has 1 aromatic rings. The van der Waals surface area contributed by atoms with E-state index in [-0.39, 0.29) is 0 Å². The fraction of sp³-hybridized carbons (Fsp3) is 0.824. The van der Waals surface area contributed by atoms with Crippen molar-refractivity contribution < 1.29 is 0 Å². The molecule has 0 spiro atoms. The number of hydrogen-bond acceptors (Lipinski definition) is 2. The summed E-state index contributed by atoms with van der Waals surface area (Å²) in [6.07, 6.45) is 8.91. The first kappa shape index (κ1) is 16.8. The average molecular weight is 312 g/mol. The normalized spacial score (nSPS) is 19.7. The van der Waals surface area contributed by atoms with Crippen LogP contribution < -0.4 is 5.32 Å². The van der Waals surface area contributed by atoms with E-state index in [1.54, 1.807) is 0 Å². The van der Waals surface area contributed by atoms with Gasteiger partial charge in [-0.3, -0.25) is 4.68 Å². The number of hydrogen-bond donors (Lipinski definition) is 1. The van der Waals surface area contributed by atoms with Gasteiger partial charge in [0.05, 0.1) is 16.4 Å².